The topological polar surface area (TPSA) is 55.4 Å². The molecular weight excluding hydrogens is 253 g/mol. The first-order valence-corrected chi connectivity index (χ1v) is 5.17. The maximum Gasteiger partial charge on any atom is 0.258 e. The molecule has 1 amide bonds. The second kappa shape index (κ2) is 6.35. The Morgan fingerprint density at radius 1 is 1.25 bits per heavy atom. The predicted molar refractivity (Wildman–Crippen MR) is 60.8 cm³/mol. The van der Waals surface area contributed by atoms with Crippen LogP contribution in [0.5, 0.6) is 5.75 Å². The first kappa shape index (κ1) is 12.8. The highest BCUT2D eigenvalue weighted by atomic mass is 35.5. The van der Waals surface area contributed by atoms with Gasteiger partial charge in [0, 0.05) is 5.02 Å². The summed E-state index contributed by atoms with van der Waals surface area (Å²) in [6.07, 6.45) is 0. The first-order chi connectivity index (χ1) is 7.58. The van der Waals surface area contributed by atoms with Crippen molar-refractivity contribution in [3.63, 3.8) is 0 Å². The van der Waals surface area contributed by atoms with Crippen molar-refractivity contribution in [2.75, 3.05) is 13.2 Å². The van der Waals surface area contributed by atoms with Crippen molar-refractivity contribution in [2.45, 2.75) is 0 Å². The Morgan fingerprint density at radius 3 is 2.44 bits per heavy atom. The van der Waals surface area contributed by atoms with Crippen molar-refractivity contribution in [2.24, 2.45) is 0 Å². The summed E-state index contributed by atoms with van der Waals surface area (Å²) in [5.41, 5.74) is 0. The van der Waals surface area contributed by atoms with Crippen molar-refractivity contribution in [1.82, 2.24) is 5.32 Å². The van der Waals surface area contributed by atoms with Gasteiger partial charge in [0.1, 0.15) is 5.75 Å². The fraction of sp³-hybridized carbons (Fsp3) is 0.200. The zero-order chi connectivity index (χ0) is 12.0. The van der Waals surface area contributed by atoms with Gasteiger partial charge in [0.25, 0.3) is 5.91 Å². The van der Waals surface area contributed by atoms with Gasteiger partial charge in [-0.2, -0.15) is 0 Å². The van der Waals surface area contributed by atoms with E-state index in [2.05, 4.69) is 5.32 Å². The normalized spacial score (nSPS) is 9.62. The average Bonchev–Trinajstić information content (AvgIpc) is 2.25. The summed E-state index contributed by atoms with van der Waals surface area (Å²) in [6, 6.07) is 6.58. The molecule has 0 aromatic heterocycles. The van der Waals surface area contributed by atoms with Gasteiger partial charge in [0.15, 0.2) is 6.61 Å². The van der Waals surface area contributed by atoms with E-state index in [4.69, 9.17) is 27.9 Å². The molecule has 0 saturated carbocycles. The SMILES string of the molecule is O=C(Cl)CNC(=O)COc1ccc(Cl)cc1. The molecule has 6 heteroatoms. The van der Waals surface area contributed by atoms with E-state index in [9.17, 15) is 9.59 Å². The number of hydrogen-bond acceptors (Lipinski definition) is 3. The number of carbonyl (C=O) groups excluding carboxylic acids is 2. The van der Waals surface area contributed by atoms with Crippen LogP contribution in [0.3, 0.4) is 0 Å². The monoisotopic (exact) mass is 261 g/mol. The molecule has 0 heterocycles. The van der Waals surface area contributed by atoms with E-state index in [1.807, 2.05) is 0 Å². The Labute approximate surface area is 102 Å². The number of halogens is 2. The van der Waals surface area contributed by atoms with Crippen LogP contribution in [0.1, 0.15) is 0 Å². The molecule has 0 saturated heterocycles. The fourth-order valence-corrected chi connectivity index (χ4v) is 1.09. The van der Waals surface area contributed by atoms with E-state index in [1.54, 1.807) is 24.3 Å². The lowest BCUT2D eigenvalue weighted by molar-refractivity contribution is -0.124. The molecule has 0 unspecified atom stereocenters. The molecule has 0 aliphatic rings. The number of nitrogens with one attached hydrogen (secondary N) is 1. The lowest BCUT2D eigenvalue weighted by atomic mass is 10.3. The summed E-state index contributed by atoms with van der Waals surface area (Å²) in [4.78, 5) is 21.5. The summed E-state index contributed by atoms with van der Waals surface area (Å²) >= 11 is 10.7. The van der Waals surface area contributed by atoms with E-state index < -0.39 is 11.1 Å². The number of hydrogen-bond donors (Lipinski definition) is 1. The average molecular weight is 262 g/mol. The van der Waals surface area contributed by atoms with Gasteiger partial charge in [-0.3, -0.25) is 9.59 Å². The van der Waals surface area contributed by atoms with Crippen LogP contribution in [0.25, 0.3) is 0 Å². The molecule has 1 N–H and O–H groups in total. The van der Waals surface area contributed by atoms with Gasteiger partial charge in [-0.05, 0) is 35.9 Å². The molecule has 4 nitrogen and oxygen atoms in total. The minimum absolute atomic E-state index is 0.175. The molecule has 0 spiro atoms. The highest BCUT2D eigenvalue weighted by Gasteiger charge is 2.04. The third-order valence-corrected chi connectivity index (χ3v) is 1.99. The molecule has 0 bridgehead atoms. The number of benzene rings is 1. The maximum absolute atomic E-state index is 11.1. The summed E-state index contributed by atoms with van der Waals surface area (Å²) in [5, 5.41) is 2.25. The molecule has 16 heavy (non-hydrogen) atoms. The van der Waals surface area contributed by atoms with E-state index in [0.717, 1.165) is 0 Å². The molecule has 0 atom stereocenters. The molecule has 1 aromatic carbocycles. The molecule has 0 fully saturated rings. The highest BCUT2D eigenvalue weighted by Crippen LogP contribution is 2.15. The maximum atomic E-state index is 11.1. The third-order valence-electron chi connectivity index (χ3n) is 1.61. The summed E-state index contributed by atoms with van der Waals surface area (Å²) in [6.45, 7) is -0.379. The van der Waals surface area contributed by atoms with Crippen molar-refractivity contribution in [3.05, 3.63) is 29.3 Å². The Kier molecular flexibility index (Phi) is 5.08. The van der Waals surface area contributed by atoms with Crippen LogP contribution in [-0.2, 0) is 9.59 Å². The molecule has 0 aliphatic carbocycles. The zero-order valence-corrected chi connectivity index (χ0v) is 9.72. The molecule has 86 valence electrons. The number of rotatable bonds is 5. The van der Waals surface area contributed by atoms with Crippen LogP contribution in [0.15, 0.2) is 24.3 Å². The van der Waals surface area contributed by atoms with E-state index >= 15 is 0 Å². The largest absolute Gasteiger partial charge is 0.484 e. The minimum Gasteiger partial charge on any atom is -0.484 e. The predicted octanol–water partition coefficient (Wildman–Crippen LogP) is 1.60. The third kappa shape index (κ3) is 5.00. The fourth-order valence-electron chi connectivity index (χ4n) is 0.899. The molecule has 1 aromatic rings. The minimum atomic E-state index is -0.625. The quantitative estimate of drug-likeness (QED) is 0.820. The lowest BCUT2D eigenvalue weighted by Gasteiger charge is -2.05. The Bertz CT molecular complexity index is 378. The van der Waals surface area contributed by atoms with Gasteiger partial charge in [0.2, 0.25) is 5.24 Å². The van der Waals surface area contributed by atoms with Gasteiger partial charge >= 0.3 is 0 Å². The van der Waals surface area contributed by atoms with Crippen molar-refractivity contribution in [3.8, 4) is 5.75 Å². The Morgan fingerprint density at radius 2 is 1.88 bits per heavy atom. The van der Waals surface area contributed by atoms with Gasteiger partial charge in [0.05, 0.1) is 6.54 Å². The van der Waals surface area contributed by atoms with Crippen LogP contribution >= 0.6 is 23.2 Å². The van der Waals surface area contributed by atoms with Crippen LogP contribution in [0, 0.1) is 0 Å². The first-order valence-electron chi connectivity index (χ1n) is 4.41. The second-order valence-corrected chi connectivity index (χ2v) is 3.73. The Hall–Kier alpha value is -1.26. The van der Waals surface area contributed by atoms with Crippen LogP contribution in [0.4, 0.5) is 0 Å². The number of ether oxygens (including phenoxy) is 1. The standard InChI is InChI=1S/C10H9Cl2NO3/c11-7-1-3-8(4-2-7)16-6-10(15)13-5-9(12)14/h1-4H,5-6H2,(H,13,15). The van der Waals surface area contributed by atoms with Crippen LogP contribution in [0.2, 0.25) is 5.02 Å². The van der Waals surface area contributed by atoms with Crippen molar-refractivity contribution >= 4 is 34.4 Å². The summed E-state index contributed by atoms with van der Waals surface area (Å²) in [5.74, 6) is 0.112. The molecular formula is C10H9Cl2NO3. The zero-order valence-electron chi connectivity index (χ0n) is 8.20. The lowest BCUT2D eigenvalue weighted by Crippen LogP contribution is -2.31. The highest BCUT2D eigenvalue weighted by molar-refractivity contribution is 6.64. The van der Waals surface area contributed by atoms with E-state index in [0.29, 0.717) is 10.8 Å². The van der Waals surface area contributed by atoms with E-state index in [-0.39, 0.29) is 13.2 Å². The summed E-state index contributed by atoms with van der Waals surface area (Å²) < 4.78 is 5.13. The summed E-state index contributed by atoms with van der Waals surface area (Å²) in [7, 11) is 0. The van der Waals surface area contributed by atoms with Crippen LogP contribution < -0.4 is 10.1 Å². The second-order valence-electron chi connectivity index (χ2n) is 2.87. The molecule has 1 rings (SSSR count). The van der Waals surface area contributed by atoms with E-state index in [1.165, 1.54) is 0 Å². The smallest absolute Gasteiger partial charge is 0.258 e. The number of amides is 1. The van der Waals surface area contributed by atoms with Crippen molar-refractivity contribution in [1.29, 1.82) is 0 Å². The number of carbonyl (C=O) groups is 2. The van der Waals surface area contributed by atoms with Crippen LogP contribution in [-0.4, -0.2) is 24.3 Å². The molecule has 0 radical (unpaired) electrons. The van der Waals surface area contributed by atoms with Gasteiger partial charge in [-0.1, -0.05) is 11.6 Å². The Balaban J connectivity index is 2.31. The van der Waals surface area contributed by atoms with Gasteiger partial charge < -0.3 is 10.1 Å². The van der Waals surface area contributed by atoms with Crippen molar-refractivity contribution < 1.29 is 14.3 Å². The van der Waals surface area contributed by atoms with Gasteiger partial charge in [-0.25, -0.2) is 0 Å². The molecule has 0 aliphatic heterocycles. The van der Waals surface area contributed by atoms with Gasteiger partial charge in [-0.15, -0.1) is 0 Å².